The first kappa shape index (κ1) is 23.0. The van der Waals surface area contributed by atoms with E-state index in [-0.39, 0.29) is 24.5 Å². The van der Waals surface area contributed by atoms with Crippen LogP contribution in [0.5, 0.6) is 5.75 Å². The van der Waals surface area contributed by atoms with Gasteiger partial charge in [0.1, 0.15) is 11.8 Å². The van der Waals surface area contributed by atoms with Gasteiger partial charge in [-0.1, -0.05) is 60.5 Å². The van der Waals surface area contributed by atoms with Crippen molar-refractivity contribution in [2.75, 3.05) is 6.61 Å². The molecule has 0 radical (unpaired) electrons. The van der Waals surface area contributed by atoms with Crippen LogP contribution in [0.15, 0.2) is 48.5 Å². The molecule has 2 aromatic rings. The minimum atomic E-state index is -0.652. The molecule has 156 valence electrons. The second-order valence-corrected chi connectivity index (χ2v) is 7.71. The maximum Gasteiger partial charge on any atom is 0.261 e. The fourth-order valence-corrected chi connectivity index (χ4v) is 3.11. The quantitative estimate of drug-likeness (QED) is 0.619. The minimum absolute atomic E-state index is 0.0303. The molecule has 0 aliphatic heterocycles. The standard InChI is InChI=1S/C22H26Cl2N2O3/c1-4-15(2)25-22(28)16(3)26(13-17-8-6-5-7-9-17)21(27)14-29-20-11-10-18(23)12-19(20)24/h5-12,15-16H,4,13-14H2,1-3H3,(H,25,28). The fourth-order valence-electron chi connectivity index (χ4n) is 2.64. The van der Waals surface area contributed by atoms with Crippen molar-refractivity contribution in [3.8, 4) is 5.75 Å². The van der Waals surface area contributed by atoms with Gasteiger partial charge in [-0.05, 0) is 44.0 Å². The molecule has 0 saturated carbocycles. The number of halogens is 2. The summed E-state index contributed by atoms with van der Waals surface area (Å²) >= 11 is 12.0. The molecular weight excluding hydrogens is 411 g/mol. The summed E-state index contributed by atoms with van der Waals surface area (Å²) in [4.78, 5) is 27.1. The Kier molecular flexibility index (Phi) is 8.80. The zero-order valence-electron chi connectivity index (χ0n) is 16.8. The molecule has 0 fully saturated rings. The summed E-state index contributed by atoms with van der Waals surface area (Å²) in [6.07, 6.45) is 0.809. The molecule has 2 atom stereocenters. The lowest BCUT2D eigenvalue weighted by Gasteiger charge is -2.29. The van der Waals surface area contributed by atoms with Crippen LogP contribution < -0.4 is 10.1 Å². The molecule has 2 unspecified atom stereocenters. The average Bonchev–Trinajstić information content (AvgIpc) is 2.71. The van der Waals surface area contributed by atoms with Gasteiger partial charge in [0.15, 0.2) is 6.61 Å². The molecule has 0 aliphatic carbocycles. The van der Waals surface area contributed by atoms with Crippen LogP contribution >= 0.6 is 23.2 Å². The lowest BCUT2D eigenvalue weighted by Crippen LogP contribution is -2.50. The Bertz CT molecular complexity index is 830. The van der Waals surface area contributed by atoms with Crippen molar-refractivity contribution in [2.45, 2.75) is 45.8 Å². The summed E-state index contributed by atoms with van der Waals surface area (Å²) in [5.41, 5.74) is 0.925. The molecule has 1 N–H and O–H groups in total. The number of amides is 2. The maximum atomic E-state index is 13.0. The number of hydrogen-bond acceptors (Lipinski definition) is 3. The first-order chi connectivity index (χ1) is 13.8. The van der Waals surface area contributed by atoms with Crippen LogP contribution in [0.25, 0.3) is 0 Å². The molecule has 0 spiro atoms. The highest BCUT2D eigenvalue weighted by atomic mass is 35.5. The Morgan fingerprint density at radius 3 is 2.41 bits per heavy atom. The predicted octanol–water partition coefficient (Wildman–Crippen LogP) is 4.70. The highest BCUT2D eigenvalue weighted by molar-refractivity contribution is 6.35. The summed E-state index contributed by atoms with van der Waals surface area (Å²) in [7, 11) is 0. The van der Waals surface area contributed by atoms with E-state index in [0.29, 0.717) is 22.3 Å². The molecule has 2 aromatic carbocycles. The molecule has 29 heavy (non-hydrogen) atoms. The third-order valence-electron chi connectivity index (χ3n) is 4.61. The molecule has 5 nitrogen and oxygen atoms in total. The van der Waals surface area contributed by atoms with Gasteiger partial charge in [0.05, 0.1) is 5.02 Å². The molecule has 0 aromatic heterocycles. The van der Waals surface area contributed by atoms with Gasteiger partial charge in [0, 0.05) is 17.6 Å². The van der Waals surface area contributed by atoms with Crippen molar-refractivity contribution in [3.05, 3.63) is 64.1 Å². The van der Waals surface area contributed by atoms with Gasteiger partial charge in [-0.3, -0.25) is 9.59 Å². The number of nitrogens with one attached hydrogen (secondary N) is 1. The number of nitrogens with zero attached hydrogens (tertiary/aromatic N) is 1. The van der Waals surface area contributed by atoms with Crippen LogP contribution in [0.4, 0.5) is 0 Å². The first-order valence-electron chi connectivity index (χ1n) is 9.53. The zero-order valence-corrected chi connectivity index (χ0v) is 18.3. The molecule has 0 saturated heterocycles. The van der Waals surface area contributed by atoms with Gasteiger partial charge in [0.25, 0.3) is 5.91 Å². The lowest BCUT2D eigenvalue weighted by molar-refractivity contribution is -0.142. The third kappa shape index (κ3) is 6.94. The van der Waals surface area contributed by atoms with Crippen LogP contribution in [0.2, 0.25) is 10.0 Å². The number of ether oxygens (including phenoxy) is 1. The van der Waals surface area contributed by atoms with Crippen molar-refractivity contribution in [1.82, 2.24) is 10.2 Å². The lowest BCUT2D eigenvalue weighted by atomic mass is 10.1. The van der Waals surface area contributed by atoms with E-state index in [2.05, 4.69) is 5.32 Å². The van der Waals surface area contributed by atoms with Gasteiger partial charge in [-0.2, -0.15) is 0 Å². The van der Waals surface area contributed by atoms with Crippen molar-refractivity contribution in [1.29, 1.82) is 0 Å². The molecule has 0 bridgehead atoms. The van der Waals surface area contributed by atoms with E-state index in [1.54, 1.807) is 25.1 Å². The molecule has 7 heteroatoms. The number of carbonyl (C=O) groups excluding carboxylic acids is 2. The molecule has 2 rings (SSSR count). The highest BCUT2D eigenvalue weighted by Gasteiger charge is 2.27. The van der Waals surface area contributed by atoms with E-state index in [0.717, 1.165) is 12.0 Å². The van der Waals surface area contributed by atoms with E-state index >= 15 is 0 Å². The van der Waals surface area contributed by atoms with Crippen LogP contribution in [0.1, 0.15) is 32.8 Å². The van der Waals surface area contributed by atoms with Crippen LogP contribution in [-0.2, 0) is 16.1 Å². The topological polar surface area (TPSA) is 58.6 Å². The average molecular weight is 437 g/mol. The van der Waals surface area contributed by atoms with E-state index in [1.165, 1.54) is 4.90 Å². The number of hydrogen-bond donors (Lipinski definition) is 1. The van der Waals surface area contributed by atoms with Gasteiger partial charge < -0.3 is 15.0 Å². The summed E-state index contributed by atoms with van der Waals surface area (Å²) in [6.45, 7) is 5.70. The Hall–Kier alpha value is -2.24. The second kappa shape index (κ2) is 11.1. The smallest absolute Gasteiger partial charge is 0.261 e. The van der Waals surface area contributed by atoms with Crippen molar-refractivity contribution >= 4 is 35.0 Å². The molecule has 0 aliphatic rings. The summed E-state index contributed by atoms with van der Waals surface area (Å²) in [5.74, 6) is -0.152. The Morgan fingerprint density at radius 1 is 1.10 bits per heavy atom. The van der Waals surface area contributed by atoms with Gasteiger partial charge >= 0.3 is 0 Å². The minimum Gasteiger partial charge on any atom is -0.482 e. The second-order valence-electron chi connectivity index (χ2n) is 6.86. The number of carbonyl (C=O) groups is 2. The monoisotopic (exact) mass is 436 g/mol. The highest BCUT2D eigenvalue weighted by Crippen LogP contribution is 2.27. The van der Waals surface area contributed by atoms with E-state index in [4.69, 9.17) is 27.9 Å². The van der Waals surface area contributed by atoms with Crippen molar-refractivity contribution in [3.63, 3.8) is 0 Å². The summed E-state index contributed by atoms with van der Waals surface area (Å²) < 4.78 is 5.59. The largest absolute Gasteiger partial charge is 0.482 e. The van der Waals surface area contributed by atoms with E-state index in [9.17, 15) is 9.59 Å². The van der Waals surface area contributed by atoms with E-state index in [1.807, 2.05) is 44.2 Å². The Labute approximate surface area is 181 Å². The SMILES string of the molecule is CCC(C)NC(=O)C(C)N(Cc1ccccc1)C(=O)COc1ccc(Cl)cc1Cl. The fraction of sp³-hybridized carbons (Fsp3) is 0.364. The number of rotatable bonds is 9. The zero-order chi connectivity index (χ0) is 21.4. The van der Waals surface area contributed by atoms with Crippen LogP contribution in [0.3, 0.4) is 0 Å². The van der Waals surface area contributed by atoms with Crippen molar-refractivity contribution < 1.29 is 14.3 Å². The number of benzene rings is 2. The van der Waals surface area contributed by atoms with Crippen LogP contribution in [0, 0.1) is 0 Å². The summed E-state index contributed by atoms with van der Waals surface area (Å²) in [6, 6.07) is 13.7. The van der Waals surface area contributed by atoms with Crippen molar-refractivity contribution in [2.24, 2.45) is 0 Å². The normalized spacial score (nSPS) is 12.7. The third-order valence-corrected chi connectivity index (χ3v) is 5.14. The predicted molar refractivity (Wildman–Crippen MR) is 116 cm³/mol. The maximum absolute atomic E-state index is 13.0. The van der Waals surface area contributed by atoms with Gasteiger partial charge in [-0.25, -0.2) is 0 Å². The van der Waals surface area contributed by atoms with E-state index < -0.39 is 6.04 Å². The first-order valence-corrected chi connectivity index (χ1v) is 10.3. The Balaban J connectivity index is 2.14. The van der Waals surface area contributed by atoms with Crippen LogP contribution in [-0.4, -0.2) is 35.4 Å². The van der Waals surface area contributed by atoms with Gasteiger partial charge in [0.2, 0.25) is 5.91 Å². The molecule has 0 heterocycles. The summed E-state index contributed by atoms with van der Waals surface area (Å²) in [5, 5.41) is 3.73. The Morgan fingerprint density at radius 2 is 1.79 bits per heavy atom. The van der Waals surface area contributed by atoms with Gasteiger partial charge in [-0.15, -0.1) is 0 Å². The molecule has 2 amide bonds. The molecular formula is C22H26Cl2N2O3.